The van der Waals surface area contributed by atoms with Crippen LogP contribution in [-0.2, 0) is 4.74 Å². The van der Waals surface area contributed by atoms with E-state index in [-0.39, 0.29) is 29.9 Å². The highest BCUT2D eigenvalue weighted by molar-refractivity contribution is 5.69. The molecule has 4 nitrogen and oxygen atoms in total. The quantitative estimate of drug-likeness (QED) is 0.796. The number of piperidine rings is 1. The van der Waals surface area contributed by atoms with Crippen LogP contribution in [0.2, 0.25) is 0 Å². The van der Waals surface area contributed by atoms with Crippen molar-refractivity contribution < 1.29 is 22.7 Å². The molecule has 2 aliphatic rings. The van der Waals surface area contributed by atoms with E-state index in [4.69, 9.17) is 4.74 Å². The Kier molecular flexibility index (Phi) is 4.60. The van der Waals surface area contributed by atoms with Crippen LogP contribution in [0.5, 0.6) is 0 Å². The number of amides is 1. The van der Waals surface area contributed by atoms with Gasteiger partial charge in [0.2, 0.25) is 0 Å². The van der Waals surface area contributed by atoms with Crippen LogP contribution in [0.25, 0.3) is 0 Å². The van der Waals surface area contributed by atoms with E-state index in [0.717, 1.165) is 18.9 Å². The van der Waals surface area contributed by atoms with Crippen LogP contribution < -0.4 is 5.32 Å². The van der Waals surface area contributed by atoms with Crippen LogP contribution in [0.4, 0.5) is 23.7 Å². The van der Waals surface area contributed by atoms with Gasteiger partial charge < -0.3 is 15.0 Å². The zero-order valence-electron chi connectivity index (χ0n) is 14.6. The normalized spacial score (nSPS) is 25.8. The summed E-state index contributed by atoms with van der Waals surface area (Å²) in [5.74, 6) is -3.12. The number of ether oxygens (including phenoxy) is 1. The fourth-order valence-corrected chi connectivity index (χ4v) is 3.79. The molecule has 0 radical (unpaired) electrons. The molecule has 0 aromatic heterocycles. The highest BCUT2D eigenvalue weighted by atomic mass is 19.2. The second-order valence-electron chi connectivity index (χ2n) is 7.83. The van der Waals surface area contributed by atoms with Gasteiger partial charge in [0.25, 0.3) is 0 Å². The lowest BCUT2D eigenvalue weighted by Crippen LogP contribution is -2.51. The number of anilines is 1. The van der Waals surface area contributed by atoms with Gasteiger partial charge in [-0.05, 0) is 46.5 Å². The molecular weight excluding hydrogens is 333 g/mol. The Morgan fingerprint density at radius 3 is 2.32 bits per heavy atom. The molecule has 3 rings (SSSR count). The predicted molar refractivity (Wildman–Crippen MR) is 87.8 cm³/mol. The van der Waals surface area contributed by atoms with Crippen LogP contribution >= 0.6 is 0 Å². The third kappa shape index (κ3) is 3.85. The van der Waals surface area contributed by atoms with Gasteiger partial charge in [-0.2, -0.15) is 0 Å². The van der Waals surface area contributed by atoms with E-state index in [1.807, 2.05) is 20.8 Å². The van der Waals surface area contributed by atoms with Crippen molar-refractivity contribution in [1.82, 2.24) is 4.90 Å². The summed E-state index contributed by atoms with van der Waals surface area (Å²) < 4.78 is 46.0. The van der Waals surface area contributed by atoms with Crippen molar-refractivity contribution in [3.05, 3.63) is 29.6 Å². The van der Waals surface area contributed by atoms with Crippen LogP contribution in [0.1, 0.15) is 46.5 Å². The van der Waals surface area contributed by atoms with Crippen molar-refractivity contribution in [3.8, 4) is 0 Å². The second-order valence-corrected chi connectivity index (χ2v) is 7.83. The number of nitrogens with zero attached hydrogens (tertiary/aromatic N) is 1. The van der Waals surface area contributed by atoms with E-state index < -0.39 is 23.1 Å². The fourth-order valence-electron chi connectivity index (χ4n) is 3.79. The van der Waals surface area contributed by atoms with Gasteiger partial charge in [-0.25, -0.2) is 18.0 Å². The maximum atomic E-state index is 13.8. The third-order valence-corrected chi connectivity index (χ3v) is 4.69. The fraction of sp³-hybridized carbons (Fsp3) is 0.611. The number of benzene rings is 1. The monoisotopic (exact) mass is 356 g/mol. The van der Waals surface area contributed by atoms with Crippen LogP contribution in [-0.4, -0.2) is 34.7 Å². The summed E-state index contributed by atoms with van der Waals surface area (Å²) >= 11 is 0. The second kappa shape index (κ2) is 6.42. The highest BCUT2D eigenvalue weighted by Gasteiger charge is 2.45. The molecule has 2 saturated heterocycles. The van der Waals surface area contributed by atoms with E-state index >= 15 is 0 Å². The van der Waals surface area contributed by atoms with Crippen molar-refractivity contribution in [2.24, 2.45) is 0 Å². The number of nitrogens with one attached hydrogen (secondary N) is 1. The molecule has 0 spiro atoms. The Bertz CT molecular complexity index is 661. The average Bonchev–Trinajstić information content (AvgIpc) is 2.74. The minimum absolute atomic E-state index is 0.00688. The maximum absolute atomic E-state index is 13.8. The van der Waals surface area contributed by atoms with E-state index in [1.54, 1.807) is 4.90 Å². The van der Waals surface area contributed by atoms with E-state index in [2.05, 4.69) is 5.32 Å². The summed E-state index contributed by atoms with van der Waals surface area (Å²) in [6, 6.07) is 1.32. The topological polar surface area (TPSA) is 41.6 Å². The summed E-state index contributed by atoms with van der Waals surface area (Å²) in [4.78, 5) is 14.2. The Labute approximate surface area is 145 Å². The van der Waals surface area contributed by atoms with Crippen molar-refractivity contribution in [1.29, 1.82) is 0 Å². The Balaban J connectivity index is 1.69. The minimum Gasteiger partial charge on any atom is -0.444 e. The highest BCUT2D eigenvalue weighted by Crippen LogP contribution is 2.38. The van der Waals surface area contributed by atoms with E-state index in [1.165, 1.54) is 0 Å². The van der Waals surface area contributed by atoms with Crippen LogP contribution in [0.15, 0.2) is 12.1 Å². The number of carbonyl (C=O) groups excluding carboxylic acids is 1. The zero-order chi connectivity index (χ0) is 18.4. The first-order valence-electron chi connectivity index (χ1n) is 8.56. The maximum Gasteiger partial charge on any atom is 0.410 e. The SMILES string of the molecule is CC(C)(C)OC(=O)N1C2CCC1CC(Nc1cc(F)cc(F)c1F)C2. The predicted octanol–water partition coefficient (Wildman–Crippen LogP) is 4.45. The zero-order valence-corrected chi connectivity index (χ0v) is 14.6. The Morgan fingerprint density at radius 2 is 1.76 bits per heavy atom. The summed E-state index contributed by atoms with van der Waals surface area (Å²) in [6.07, 6.45) is 2.55. The first-order chi connectivity index (χ1) is 11.6. The smallest absolute Gasteiger partial charge is 0.410 e. The number of hydrogen-bond donors (Lipinski definition) is 1. The molecule has 0 saturated carbocycles. The van der Waals surface area contributed by atoms with Crippen molar-refractivity contribution >= 4 is 11.8 Å². The van der Waals surface area contributed by atoms with E-state index in [0.29, 0.717) is 18.9 Å². The number of hydrogen-bond acceptors (Lipinski definition) is 3. The molecular formula is C18H23F3N2O2. The van der Waals surface area contributed by atoms with Gasteiger partial charge in [0, 0.05) is 30.3 Å². The molecule has 2 bridgehead atoms. The molecule has 0 aliphatic carbocycles. The summed E-state index contributed by atoms with van der Waals surface area (Å²) in [5, 5.41) is 2.91. The molecule has 138 valence electrons. The lowest BCUT2D eigenvalue weighted by molar-refractivity contribution is 0.00682. The van der Waals surface area contributed by atoms with Crippen molar-refractivity contribution in [2.45, 2.75) is 70.2 Å². The molecule has 2 aliphatic heterocycles. The first-order valence-corrected chi connectivity index (χ1v) is 8.56. The Hall–Kier alpha value is -1.92. The molecule has 1 N–H and O–H groups in total. The van der Waals surface area contributed by atoms with Gasteiger partial charge in [0.15, 0.2) is 11.6 Å². The molecule has 1 aromatic carbocycles. The summed E-state index contributed by atoms with van der Waals surface area (Å²) in [6.45, 7) is 5.47. The molecule has 1 aromatic rings. The molecule has 1 amide bonds. The molecule has 2 fully saturated rings. The standard InChI is InChI=1S/C18H23F3N2O2/c1-18(2,3)25-17(24)23-12-4-5-13(23)9-11(8-12)22-15-7-10(19)6-14(20)16(15)21/h6-7,11-13,22H,4-5,8-9H2,1-3H3. The number of halogens is 3. The lowest BCUT2D eigenvalue weighted by atomic mass is 9.97. The first kappa shape index (κ1) is 17.9. The van der Waals surface area contributed by atoms with Gasteiger partial charge in [0.05, 0.1) is 5.69 Å². The van der Waals surface area contributed by atoms with Crippen molar-refractivity contribution in [2.75, 3.05) is 5.32 Å². The third-order valence-electron chi connectivity index (χ3n) is 4.69. The van der Waals surface area contributed by atoms with Gasteiger partial charge in [-0.1, -0.05) is 0 Å². The Morgan fingerprint density at radius 1 is 1.16 bits per heavy atom. The number of rotatable bonds is 2. The average molecular weight is 356 g/mol. The summed E-state index contributed by atoms with van der Waals surface area (Å²) in [7, 11) is 0. The largest absolute Gasteiger partial charge is 0.444 e. The van der Waals surface area contributed by atoms with E-state index in [9.17, 15) is 18.0 Å². The molecule has 7 heteroatoms. The van der Waals surface area contributed by atoms with Crippen LogP contribution in [0.3, 0.4) is 0 Å². The number of fused-ring (bicyclic) bond motifs is 2. The molecule has 25 heavy (non-hydrogen) atoms. The van der Waals surface area contributed by atoms with Gasteiger partial charge in [-0.3, -0.25) is 0 Å². The summed E-state index contributed by atoms with van der Waals surface area (Å²) in [5.41, 5.74) is -0.735. The molecule has 2 heterocycles. The van der Waals surface area contributed by atoms with Crippen LogP contribution in [0, 0.1) is 17.5 Å². The van der Waals surface area contributed by atoms with Crippen molar-refractivity contribution in [3.63, 3.8) is 0 Å². The number of carbonyl (C=O) groups is 1. The molecule has 2 unspecified atom stereocenters. The molecule has 2 atom stereocenters. The van der Waals surface area contributed by atoms with Gasteiger partial charge >= 0.3 is 6.09 Å². The van der Waals surface area contributed by atoms with Gasteiger partial charge in [0.1, 0.15) is 11.4 Å². The lowest BCUT2D eigenvalue weighted by Gasteiger charge is -2.40. The minimum atomic E-state index is -1.21. The van der Waals surface area contributed by atoms with Gasteiger partial charge in [-0.15, -0.1) is 0 Å².